The van der Waals surface area contributed by atoms with Gasteiger partial charge in [0.05, 0.1) is 0 Å². The van der Waals surface area contributed by atoms with Crippen molar-refractivity contribution >= 4 is 18.4 Å². The molecule has 0 saturated carbocycles. The lowest BCUT2D eigenvalue weighted by molar-refractivity contribution is 0.502. The van der Waals surface area contributed by atoms with Crippen LogP contribution in [-0.2, 0) is 0 Å². The molecule has 0 bridgehead atoms. The fraction of sp³-hybridized carbons (Fsp3) is 0.200. The maximum atomic E-state index is 2.49. The molecule has 1 aliphatic heterocycles. The van der Waals surface area contributed by atoms with Crippen LogP contribution in [0.5, 0.6) is 0 Å². The topological polar surface area (TPSA) is 0 Å². The molecule has 0 spiro atoms. The quantitative estimate of drug-likeness (QED) is 0.666. The summed E-state index contributed by atoms with van der Waals surface area (Å²) < 4.78 is 0. The van der Waals surface area contributed by atoms with E-state index in [1.807, 2.05) is 0 Å². The first-order valence-corrected chi connectivity index (χ1v) is 11.7. The molecule has 0 N–H and O–H groups in total. The molecule has 1 fully saturated rings. The Bertz CT molecular complexity index is 878. The maximum absolute atomic E-state index is 2.49. The largest absolute Gasteiger partial charge is 0.139 e. The average molecular weight is 353 g/mol. The van der Waals surface area contributed by atoms with Gasteiger partial charge >= 0.3 is 0 Å². The summed E-state index contributed by atoms with van der Waals surface area (Å²) in [5, 5.41) is 3.10. The molecular weight excluding hydrogens is 328 g/mol. The van der Waals surface area contributed by atoms with Crippen molar-refractivity contribution in [2.45, 2.75) is 24.9 Å². The van der Waals surface area contributed by atoms with Crippen molar-refractivity contribution in [2.24, 2.45) is 5.41 Å². The number of benzene rings is 2. The van der Waals surface area contributed by atoms with Crippen LogP contribution in [0.3, 0.4) is 0 Å². The summed E-state index contributed by atoms with van der Waals surface area (Å²) in [5.74, 6) is 0. The Hall–Kier alpha value is -2.38. The van der Waals surface area contributed by atoms with Gasteiger partial charge in [0.15, 0.2) is 0 Å². The van der Waals surface area contributed by atoms with Crippen molar-refractivity contribution in [2.75, 3.05) is 0 Å². The maximum Gasteiger partial charge on any atom is 0.139 e. The molecule has 0 amide bonds. The minimum atomic E-state index is -2.09. The zero-order valence-electron chi connectivity index (χ0n) is 15.4. The van der Waals surface area contributed by atoms with Gasteiger partial charge in [0.2, 0.25) is 0 Å². The third-order valence-corrected chi connectivity index (χ3v) is 12.3. The van der Waals surface area contributed by atoms with Gasteiger partial charge in [-0.2, -0.15) is 0 Å². The minimum absolute atomic E-state index is 0.127. The van der Waals surface area contributed by atoms with Crippen molar-refractivity contribution in [3.8, 4) is 0 Å². The molecule has 1 heterocycles. The molecule has 2 atom stereocenters. The SMILES string of the molecule is CC1(C)C2=CC=CC2[Si](c2ccccc2)(c2ccccc2)C2C=CC=C21. The normalized spacial score (nSPS) is 26.8. The Kier molecular flexibility index (Phi) is 3.38. The molecule has 0 aromatic heterocycles. The highest BCUT2D eigenvalue weighted by Crippen LogP contribution is 2.61. The fourth-order valence-electron chi connectivity index (χ4n) is 5.62. The van der Waals surface area contributed by atoms with E-state index in [9.17, 15) is 0 Å². The van der Waals surface area contributed by atoms with Crippen molar-refractivity contribution in [1.29, 1.82) is 0 Å². The summed E-state index contributed by atoms with van der Waals surface area (Å²) >= 11 is 0. The summed E-state index contributed by atoms with van der Waals surface area (Å²) in [6.45, 7) is 4.83. The summed E-state index contributed by atoms with van der Waals surface area (Å²) in [6, 6.07) is 22.7. The van der Waals surface area contributed by atoms with E-state index in [0.29, 0.717) is 11.1 Å². The van der Waals surface area contributed by atoms with Gasteiger partial charge < -0.3 is 0 Å². The van der Waals surface area contributed by atoms with Crippen molar-refractivity contribution < 1.29 is 0 Å². The van der Waals surface area contributed by atoms with E-state index in [0.717, 1.165) is 0 Å². The molecule has 2 aromatic rings. The number of rotatable bonds is 2. The molecule has 3 aliphatic rings. The van der Waals surface area contributed by atoms with Crippen LogP contribution in [0.1, 0.15) is 13.8 Å². The predicted octanol–water partition coefficient (Wildman–Crippen LogP) is 5.02. The summed E-state index contributed by atoms with van der Waals surface area (Å²) in [4.78, 5) is 0. The van der Waals surface area contributed by atoms with Crippen LogP contribution >= 0.6 is 0 Å². The summed E-state index contributed by atoms with van der Waals surface area (Å²) in [6.07, 6.45) is 14.4. The zero-order valence-corrected chi connectivity index (χ0v) is 16.4. The first-order chi connectivity index (χ1) is 12.7. The highest BCUT2D eigenvalue weighted by molar-refractivity contribution is 7.06. The number of allylic oxidation sites excluding steroid dienone is 8. The molecule has 0 nitrogen and oxygen atoms in total. The Morgan fingerprint density at radius 1 is 0.654 bits per heavy atom. The average Bonchev–Trinajstić information content (AvgIpc) is 3.35. The van der Waals surface area contributed by atoms with E-state index < -0.39 is 8.07 Å². The fourth-order valence-corrected chi connectivity index (χ4v) is 12.0. The van der Waals surface area contributed by atoms with E-state index in [1.165, 1.54) is 0 Å². The Morgan fingerprint density at radius 3 is 1.50 bits per heavy atom. The van der Waals surface area contributed by atoms with Crippen molar-refractivity contribution in [3.63, 3.8) is 0 Å². The van der Waals surface area contributed by atoms with E-state index >= 15 is 0 Å². The second kappa shape index (κ2) is 5.56. The van der Waals surface area contributed by atoms with Gasteiger partial charge in [0, 0.05) is 16.5 Å². The van der Waals surface area contributed by atoms with Gasteiger partial charge in [0.1, 0.15) is 8.07 Å². The molecule has 128 valence electrons. The number of fused-ring (bicyclic) bond motifs is 2. The lowest BCUT2D eigenvalue weighted by Crippen LogP contribution is -2.67. The van der Waals surface area contributed by atoms with E-state index in [4.69, 9.17) is 0 Å². The molecular formula is C25H24Si. The molecule has 26 heavy (non-hydrogen) atoms. The van der Waals surface area contributed by atoms with Gasteiger partial charge in [-0.05, 0) is 0 Å². The van der Waals surface area contributed by atoms with E-state index in [2.05, 4.69) is 111 Å². The van der Waals surface area contributed by atoms with Crippen LogP contribution in [0.4, 0.5) is 0 Å². The van der Waals surface area contributed by atoms with E-state index in [1.54, 1.807) is 21.5 Å². The second-order valence-electron chi connectivity index (χ2n) is 8.20. The molecule has 2 aromatic carbocycles. The monoisotopic (exact) mass is 352 g/mol. The molecule has 5 rings (SSSR count). The predicted molar refractivity (Wildman–Crippen MR) is 114 cm³/mol. The highest BCUT2D eigenvalue weighted by atomic mass is 28.3. The van der Waals surface area contributed by atoms with Crippen LogP contribution in [0, 0.1) is 5.41 Å². The smallest absolute Gasteiger partial charge is 0.0793 e. The van der Waals surface area contributed by atoms with Gasteiger partial charge in [-0.3, -0.25) is 0 Å². The standard InChI is InChI=1S/C25H24Si/c1-25(2)21-15-9-17-23(21)26(19-11-5-3-6-12-19,20-13-7-4-8-14-20)24-18-10-16-22(24)25/h3-18,23-24H,1-2H3. The Balaban J connectivity index is 1.87. The lowest BCUT2D eigenvalue weighted by atomic mass is 9.75. The minimum Gasteiger partial charge on any atom is -0.0793 e. The summed E-state index contributed by atoms with van der Waals surface area (Å²) in [5.41, 5.74) is 4.37. The first kappa shape index (κ1) is 15.8. The number of hydrogen-bond donors (Lipinski definition) is 0. The molecule has 2 unspecified atom stereocenters. The van der Waals surface area contributed by atoms with Crippen LogP contribution in [0.2, 0.25) is 11.1 Å². The van der Waals surface area contributed by atoms with Crippen molar-refractivity contribution in [1.82, 2.24) is 0 Å². The lowest BCUT2D eigenvalue weighted by Gasteiger charge is -2.54. The van der Waals surface area contributed by atoms with Crippen LogP contribution < -0.4 is 10.4 Å². The van der Waals surface area contributed by atoms with Gasteiger partial charge in [-0.1, -0.05) is 132 Å². The molecule has 0 radical (unpaired) electrons. The van der Waals surface area contributed by atoms with E-state index in [-0.39, 0.29) is 5.41 Å². The second-order valence-corrected chi connectivity index (χ2v) is 12.3. The number of hydrogen-bond acceptors (Lipinski definition) is 0. The van der Waals surface area contributed by atoms with Crippen LogP contribution in [-0.4, -0.2) is 8.07 Å². The van der Waals surface area contributed by atoms with Crippen LogP contribution in [0.25, 0.3) is 0 Å². The highest BCUT2D eigenvalue weighted by Gasteiger charge is 2.60. The Labute approximate surface area is 157 Å². The summed E-state index contributed by atoms with van der Waals surface area (Å²) in [7, 11) is -2.09. The first-order valence-electron chi connectivity index (χ1n) is 9.55. The van der Waals surface area contributed by atoms with Gasteiger partial charge in [-0.15, -0.1) is 0 Å². The molecule has 1 heteroatoms. The van der Waals surface area contributed by atoms with Gasteiger partial charge in [-0.25, -0.2) is 0 Å². The Morgan fingerprint density at radius 2 is 1.08 bits per heavy atom. The zero-order chi connectivity index (χ0) is 17.8. The van der Waals surface area contributed by atoms with Crippen molar-refractivity contribution in [3.05, 3.63) is 108 Å². The third-order valence-electron chi connectivity index (χ3n) is 6.76. The van der Waals surface area contributed by atoms with Gasteiger partial charge in [0.25, 0.3) is 0 Å². The molecule has 2 aliphatic carbocycles. The third kappa shape index (κ3) is 1.90. The van der Waals surface area contributed by atoms with Crippen LogP contribution in [0.15, 0.2) is 108 Å². The molecule has 1 saturated heterocycles.